The van der Waals surface area contributed by atoms with Gasteiger partial charge in [-0.25, -0.2) is 0 Å². The van der Waals surface area contributed by atoms with Crippen LogP contribution in [-0.2, 0) is 20.8 Å². The topological polar surface area (TPSA) is 87.7 Å². The Morgan fingerprint density at radius 1 is 0.912 bits per heavy atom. The van der Waals surface area contributed by atoms with E-state index < -0.39 is 0 Å². The highest BCUT2D eigenvalue weighted by atomic mass is 16.5. The summed E-state index contributed by atoms with van der Waals surface area (Å²) in [5.74, 6) is -0.295. The molecule has 3 aromatic rings. The molecule has 0 aliphatic carbocycles. The first-order valence-electron chi connectivity index (χ1n) is 11.3. The van der Waals surface area contributed by atoms with Crippen LogP contribution >= 0.6 is 0 Å². The van der Waals surface area contributed by atoms with Gasteiger partial charge < -0.3 is 20.3 Å². The van der Waals surface area contributed by atoms with Crippen molar-refractivity contribution in [2.75, 3.05) is 29.9 Å². The average molecular weight is 458 g/mol. The second-order valence-corrected chi connectivity index (χ2v) is 8.13. The molecule has 1 saturated heterocycles. The molecule has 1 aliphatic heterocycles. The van der Waals surface area contributed by atoms with Gasteiger partial charge in [0.15, 0.2) is 6.61 Å². The summed E-state index contributed by atoms with van der Waals surface area (Å²) >= 11 is 0. The number of amides is 3. The van der Waals surface area contributed by atoms with Crippen LogP contribution in [0.4, 0.5) is 11.4 Å². The monoisotopic (exact) mass is 457 g/mol. The van der Waals surface area contributed by atoms with Crippen molar-refractivity contribution in [2.45, 2.75) is 12.8 Å². The molecule has 174 valence electrons. The van der Waals surface area contributed by atoms with Crippen LogP contribution in [0.3, 0.4) is 0 Å². The lowest BCUT2D eigenvalue weighted by Crippen LogP contribution is -2.34. The van der Waals surface area contributed by atoms with Gasteiger partial charge in [-0.3, -0.25) is 14.4 Å². The number of carbonyl (C=O) groups excluding carboxylic acids is 3. The summed E-state index contributed by atoms with van der Waals surface area (Å²) in [6, 6.07) is 26.1. The highest BCUT2D eigenvalue weighted by molar-refractivity contribution is 6.00. The summed E-state index contributed by atoms with van der Waals surface area (Å²) < 4.78 is 5.54. The van der Waals surface area contributed by atoms with Crippen molar-refractivity contribution in [3.05, 3.63) is 90.5 Å². The highest BCUT2D eigenvalue weighted by Gasteiger charge is 2.34. The van der Waals surface area contributed by atoms with Crippen LogP contribution in [0.15, 0.2) is 84.9 Å². The molecule has 7 nitrogen and oxygen atoms in total. The predicted octanol–water partition coefficient (Wildman–Crippen LogP) is 3.42. The number of rotatable bonds is 9. The van der Waals surface area contributed by atoms with Crippen LogP contribution in [0.25, 0.3) is 0 Å². The fourth-order valence-electron chi connectivity index (χ4n) is 3.84. The maximum absolute atomic E-state index is 12.5. The van der Waals surface area contributed by atoms with Crippen molar-refractivity contribution >= 4 is 29.1 Å². The Hall–Kier alpha value is -4.13. The average Bonchev–Trinajstić information content (AvgIpc) is 3.26. The summed E-state index contributed by atoms with van der Waals surface area (Å²) in [5.41, 5.74) is 2.56. The van der Waals surface area contributed by atoms with E-state index in [1.165, 1.54) is 0 Å². The van der Waals surface area contributed by atoms with Crippen molar-refractivity contribution in [1.29, 1.82) is 0 Å². The van der Waals surface area contributed by atoms with E-state index in [1.54, 1.807) is 41.3 Å². The largest absolute Gasteiger partial charge is 0.484 e. The molecule has 7 heteroatoms. The van der Waals surface area contributed by atoms with E-state index in [4.69, 9.17) is 4.74 Å². The molecule has 2 N–H and O–H groups in total. The summed E-state index contributed by atoms with van der Waals surface area (Å²) in [4.78, 5) is 38.7. The molecule has 1 heterocycles. The molecular formula is C27H27N3O4. The third-order valence-corrected chi connectivity index (χ3v) is 5.63. The number of ether oxygens (including phenoxy) is 1. The summed E-state index contributed by atoms with van der Waals surface area (Å²) in [6.07, 6.45) is 0.941. The van der Waals surface area contributed by atoms with E-state index in [9.17, 15) is 14.4 Å². The van der Waals surface area contributed by atoms with Gasteiger partial charge in [-0.05, 0) is 48.4 Å². The van der Waals surface area contributed by atoms with E-state index in [1.807, 2.05) is 48.5 Å². The zero-order valence-corrected chi connectivity index (χ0v) is 18.8. The summed E-state index contributed by atoms with van der Waals surface area (Å²) in [7, 11) is 0. The number of nitrogens with one attached hydrogen (secondary N) is 2. The molecule has 34 heavy (non-hydrogen) atoms. The van der Waals surface area contributed by atoms with Crippen molar-refractivity contribution < 1.29 is 19.1 Å². The first-order valence-corrected chi connectivity index (χ1v) is 11.3. The molecular weight excluding hydrogens is 430 g/mol. The number of para-hydroxylation sites is 1. The highest BCUT2D eigenvalue weighted by Crippen LogP contribution is 2.27. The Balaban J connectivity index is 1.24. The van der Waals surface area contributed by atoms with Gasteiger partial charge in [0, 0.05) is 30.9 Å². The third-order valence-electron chi connectivity index (χ3n) is 5.63. The van der Waals surface area contributed by atoms with E-state index in [-0.39, 0.29) is 36.7 Å². The second-order valence-electron chi connectivity index (χ2n) is 8.13. The van der Waals surface area contributed by atoms with Crippen LogP contribution in [0.5, 0.6) is 5.75 Å². The zero-order chi connectivity index (χ0) is 23.8. The number of hydrogen-bond donors (Lipinski definition) is 2. The minimum Gasteiger partial charge on any atom is -0.484 e. The molecule has 1 atom stereocenters. The van der Waals surface area contributed by atoms with Gasteiger partial charge in [0.2, 0.25) is 11.8 Å². The minimum atomic E-state index is -0.374. The lowest BCUT2D eigenvalue weighted by atomic mass is 10.1. The fraction of sp³-hybridized carbons (Fsp3) is 0.222. The molecule has 0 bridgehead atoms. The quantitative estimate of drug-likeness (QED) is 0.516. The van der Waals surface area contributed by atoms with Crippen molar-refractivity contribution in [2.24, 2.45) is 5.92 Å². The van der Waals surface area contributed by atoms with Gasteiger partial charge in [-0.1, -0.05) is 48.5 Å². The van der Waals surface area contributed by atoms with Crippen LogP contribution in [0.1, 0.15) is 12.0 Å². The van der Waals surface area contributed by atoms with Crippen molar-refractivity contribution in [1.82, 2.24) is 5.32 Å². The number of anilines is 2. The minimum absolute atomic E-state index is 0.0842. The Bertz CT molecular complexity index is 1120. The van der Waals surface area contributed by atoms with E-state index in [0.717, 1.165) is 12.0 Å². The first-order chi connectivity index (χ1) is 16.6. The van der Waals surface area contributed by atoms with E-state index >= 15 is 0 Å². The molecule has 1 fully saturated rings. The predicted molar refractivity (Wildman–Crippen MR) is 131 cm³/mol. The second kappa shape index (κ2) is 11.1. The lowest BCUT2D eigenvalue weighted by molar-refractivity contribution is -0.126. The molecule has 0 spiro atoms. The van der Waals surface area contributed by atoms with E-state index in [0.29, 0.717) is 30.2 Å². The Kier molecular flexibility index (Phi) is 7.55. The van der Waals surface area contributed by atoms with Crippen LogP contribution in [0.2, 0.25) is 0 Å². The van der Waals surface area contributed by atoms with Gasteiger partial charge in [-0.2, -0.15) is 0 Å². The lowest BCUT2D eigenvalue weighted by Gasteiger charge is -2.17. The van der Waals surface area contributed by atoms with Gasteiger partial charge >= 0.3 is 0 Å². The smallest absolute Gasteiger partial charge is 0.262 e. The van der Waals surface area contributed by atoms with Crippen molar-refractivity contribution in [3.63, 3.8) is 0 Å². The first kappa shape index (κ1) is 23.0. The number of carbonyl (C=O) groups is 3. The van der Waals surface area contributed by atoms with E-state index in [2.05, 4.69) is 10.6 Å². The van der Waals surface area contributed by atoms with Gasteiger partial charge in [0.25, 0.3) is 5.91 Å². The Morgan fingerprint density at radius 3 is 2.29 bits per heavy atom. The number of nitrogens with zero attached hydrogens (tertiary/aromatic N) is 1. The van der Waals surface area contributed by atoms with Crippen molar-refractivity contribution in [3.8, 4) is 5.75 Å². The maximum Gasteiger partial charge on any atom is 0.262 e. The summed E-state index contributed by atoms with van der Waals surface area (Å²) in [5, 5.41) is 5.70. The summed E-state index contributed by atoms with van der Waals surface area (Å²) in [6.45, 7) is 0.759. The molecule has 0 radical (unpaired) electrons. The maximum atomic E-state index is 12.5. The molecule has 4 rings (SSSR count). The fourth-order valence-corrected chi connectivity index (χ4v) is 3.84. The molecule has 0 aromatic heterocycles. The molecule has 3 aromatic carbocycles. The molecule has 1 unspecified atom stereocenters. The molecule has 3 amide bonds. The normalized spacial score (nSPS) is 15.1. The van der Waals surface area contributed by atoms with Crippen LogP contribution < -0.4 is 20.3 Å². The molecule has 0 saturated carbocycles. The molecule has 1 aliphatic rings. The number of benzene rings is 3. The Labute approximate surface area is 198 Å². The Morgan fingerprint density at radius 2 is 1.59 bits per heavy atom. The van der Waals surface area contributed by atoms with Gasteiger partial charge in [0.1, 0.15) is 5.75 Å². The van der Waals surface area contributed by atoms with Crippen LogP contribution in [-0.4, -0.2) is 37.4 Å². The SMILES string of the molecule is O=C(COc1ccc(N2CC(C(=O)NCCc3ccccc3)CC2=O)cc1)Nc1ccccc1. The standard InChI is InChI=1S/C27H27N3O4/c31-25(29-22-9-5-2-6-10-22)19-34-24-13-11-23(12-14-24)30-18-21(17-26(30)32)27(33)28-16-15-20-7-3-1-4-8-20/h1-14,21H,15-19H2,(H,28,33)(H,29,31). The van der Waals surface area contributed by atoms with Crippen LogP contribution in [0, 0.1) is 5.92 Å². The number of hydrogen-bond acceptors (Lipinski definition) is 4. The zero-order valence-electron chi connectivity index (χ0n) is 18.8. The van der Waals surface area contributed by atoms with Gasteiger partial charge in [-0.15, -0.1) is 0 Å². The van der Waals surface area contributed by atoms with Gasteiger partial charge in [0.05, 0.1) is 5.92 Å². The third kappa shape index (κ3) is 6.22.